The van der Waals surface area contributed by atoms with Crippen molar-refractivity contribution in [3.8, 4) is 5.75 Å². The highest BCUT2D eigenvalue weighted by atomic mass is 16.5. The standard InChI is InChI=1S/C25H27N3O4/c1-27-14-18(19-4-2-3-5-21(19)27)15-28-11-10-25(16-28)13-22(29)20-12-17(6-8-23(20)32-25)7-9-24(30)26-31/h2-9,12,18,31H,10-11,13-16H2,1H3,(H,26,30)/b9-7+. The van der Waals surface area contributed by atoms with E-state index >= 15 is 0 Å². The van der Waals surface area contributed by atoms with Crippen LogP contribution in [0.3, 0.4) is 0 Å². The molecule has 2 aromatic rings. The van der Waals surface area contributed by atoms with Gasteiger partial charge in [-0.15, -0.1) is 0 Å². The molecule has 2 N–H and O–H groups in total. The van der Waals surface area contributed by atoms with E-state index in [2.05, 4.69) is 41.1 Å². The number of nitrogens with one attached hydrogen (secondary N) is 1. The lowest BCUT2D eigenvalue weighted by molar-refractivity contribution is -0.124. The number of fused-ring (bicyclic) bond motifs is 2. The number of Topliss-reactive ketones (excluding diaryl/α,β-unsaturated/α-hetero) is 1. The number of likely N-dealkylation sites (N-methyl/N-ethyl adjacent to an activating group) is 1. The van der Waals surface area contributed by atoms with Crippen LogP contribution in [0, 0.1) is 0 Å². The third-order valence-corrected chi connectivity index (χ3v) is 6.81. The van der Waals surface area contributed by atoms with Crippen LogP contribution in [0.4, 0.5) is 5.69 Å². The smallest absolute Gasteiger partial charge is 0.267 e. The maximum absolute atomic E-state index is 13.0. The Morgan fingerprint density at radius 2 is 2.16 bits per heavy atom. The molecule has 0 aliphatic carbocycles. The lowest BCUT2D eigenvalue weighted by Crippen LogP contribution is -2.45. The van der Waals surface area contributed by atoms with Gasteiger partial charge in [0, 0.05) is 57.3 Å². The number of rotatable bonds is 4. The molecule has 166 valence electrons. The number of carbonyl (C=O) groups is 2. The van der Waals surface area contributed by atoms with Crippen molar-refractivity contribution >= 4 is 23.5 Å². The van der Waals surface area contributed by atoms with E-state index in [-0.39, 0.29) is 5.78 Å². The van der Waals surface area contributed by atoms with Gasteiger partial charge in [0.2, 0.25) is 0 Å². The zero-order chi connectivity index (χ0) is 22.3. The lowest BCUT2D eigenvalue weighted by Gasteiger charge is -2.35. The van der Waals surface area contributed by atoms with E-state index in [0.29, 0.717) is 29.2 Å². The van der Waals surface area contributed by atoms with Crippen LogP contribution in [0.5, 0.6) is 5.75 Å². The molecule has 0 aromatic heterocycles. The summed E-state index contributed by atoms with van der Waals surface area (Å²) in [6.07, 6.45) is 3.96. The summed E-state index contributed by atoms with van der Waals surface area (Å²) in [6, 6.07) is 14.0. The Hall–Kier alpha value is -3.16. The van der Waals surface area contributed by atoms with Crippen LogP contribution >= 0.6 is 0 Å². The monoisotopic (exact) mass is 433 g/mol. The second kappa shape index (κ2) is 8.07. The van der Waals surface area contributed by atoms with Crippen molar-refractivity contribution in [2.75, 3.05) is 38.1 Å². The number of anilines is 1. The summed E-state index contributed by atoms with van der Waals surface area (Å²) in [5.74, 6) is 0.522. The minimum absolute atomic E-state index is 0.0703. The third-order valence-electron chi connectivity index (χ3n) is 6.81. The van der Waals surface area contributed by atoms with Crippen molar-refractivity contribution in [1.29, 1.82) is 0 Å². The first-order chi connectivity index (χ1) is 15.5. The maximum atomic E-state index is 13.0. The predicted octanol–water partition coefficient (Wildman–Crippen LogP) is 2.85. The van der Waals surface area contributed by atoms with Crippen LogP contribution in [0.15, 0.2) is 48.5 Å². The van der Waals surface area contributed by atoms with Gasteiger partial charge in [0.1, 0.15) is 11.4 Å². The number of hydrogen-bond donors (Lipinski definition) is 2. The third kappa shape index (κ3) is 3.78. The van der Waals surface area contributed by atoms with Gasteiger partial charge in [-0.25, -0.2) is 5.48 Å². The van der Waals surface area contributed by atoms with Crippen molar-refractivity contribution in [1.82, 2.24) is 10.4 Å². The highest BCUT2D eigenvalue weighted by Crippen LogP contribution is 2.41. The zero-order valence-electron chi connectivity index (χ0n) is 18.1. The summed E-state index contributed by atoms with van der Waals surface area (Å²) in [7, 11) is 2.14. The van der Waals surface area contributed by atoms with Gasteiger partial charge >= 0.3 is 0 Å². The molecule has 1 spiro atoms. The number of likely N-dealkylation sites (tertiary alicyclic amines) is 1. The summed E-state index contributed by atoms with van der Waals surface area (Å²) in [4.78, 5) is 29.0. The average Bonchev–Trinajstić information content (AvgIpc) is 3.33. The lowest BCUT2D eigenvalue weighted by atomic mass is 9.88. The number of ether oxygens (including phenoxy) is 1. The van der Waals surface area contributed by atoms with E-state index < -0.39 is 11.5 Å². The van der Waals surface area contributed by atoms with Crippen molar-refractivity contribution in [3.05, 3.63) is 65.2 Å². The molecule has 3 aliphatic rings. The van der Waals surface area contributed by atoms with Crippen LogP contribution in [0.2, 0.25) is 0 Å². The number of hydrogen-bond acceptors (Lipinski definition) is 6. The van der Waals surface area contributed by atoms with Crippen molar-refractivity contribution in [2.24, 2.45) is 0 Å². The van der Waals surface area contributed by atoms with E-state index in [4.69, 9.17) is 9.94 Å². The Morgan fingerprint density at radius 1 is 1.31 bits per heavy atom. The highest BCUT2D eigenvalue weighted by Gasteiger charge is 2.46. The maximum Gasteiger partial charge on any atom is 0.267 e. The van der Waals surface area contributed by atoms with Gasteiger partial charge < -0.3 is 9.64 Å². The van der Waals surface area contributed by atoms with Gasteiger partial charge in [0.25, 0.3) is 5.91 Å². The number of hydroxylamine groups is 1. The van der Waals surface area contributed by atoms with Crippen molar-refractivity contribution in [3.63, 3.8) is 0 Å². The predicted molar refractivity (Wildman–Crippen MR) is 121 cm³/mol. The average molecular weight is 434 g/mol. The summed E-state index contributed by atoms with van der Waals surface area (Å²) >= 11 is 0. The minimum atomic E-state index is -0.619. The molecular weight excluding hydrogens is 406 g/mol. The SMILES string of the molecule is CN1CC(CN2CCC3(CC(=O)c4cc(/C=C/C(=O)NO)ccc4O3)C2)c2ccccc21. The molecule has 1 fully saturated rings. The first-order valence-corrected chi connectivity index (χ1v) is 11.0. The molecule has 1 saturated heterocycles. The molecule has 0 radical (unpaired) electrons. The van der Waals surface area contributed by atoms with E-state index in [1.54, 1.807) is 23.7 Å². The van der Waals surface area contributed by atoms with Gasteiger partial charge in [-0.3, -0.25) is 19.7 Å². The molecule has 5 rings (SSSR count). The normalized spacial score (nSPS) is 24.6. The number of ketones is 1. The van der Waals surface area contributed by atoms with E-state index in [1.807, 2.05) is 6.07 Å². The Balaban J connectivity index is 1.29. The summed E-state index contributed by atoms with van der Waals surface area (Å²) in [5, 5.41) is 8.61. The Bertz CT molecular complexity index is 1100. The Labute approximate surface area is 187 Å². The Kier molecular flexibility index (Phi) is 5.23. The second-order valence-electron chi connectivity index (χ2n) is 9.07. The molecule has 3 aliphatic heterocycles. The van der Waals surface area contributed by atoms with Crippen LogP contribution in [-0.2, 0) is 4.79 Å². The molecule has 32 heavy (non-hydrogen) atoms. The first-order valence-electron chi connectivity index (χ1n) is 11.0. The molecule has 2 atom stereocenters. The quantitative estimate of drug-likeness (QED) is 0.438. The topological polar surface area (TPSA) is 82.1 Å². The largest absolute Gasteiger partial charge is 0.485 e. The molecule has 7 heteroatoms. The van der Waals surface area contributed by atoms with E-state index in [9.17, 15) is 9.59 Å². The van der Waals surface area contributed by atoms with Crippen LogP contribution in [-0.4, -0.2) is 60.6 Å². The Morgan fingerprint density at radius 3 is 3.00 bits per heavy atom. The number of benzene rings is 2. The van der Waals surface area contributed by atoms with Crippen molar-refractivity contribution < 1.29 is 19.5 Å². The second-order valence-corrected chi connectivity index (χ2v) is 9.07. The molecular formula is C25H27N3O4. The molecule has 1 amide bonds. The molecule has 0 bridgehead atoms. The molecule has 2 aromatic carbocycles. The highest BCUT2D eigenvalue weighted by molar-refractivity contribution is 6.01. The fourth-order valence-electron chi connectivity index (χ4n) is 5.31. The summed E-state index contributed by atoms with van der Waals surface area (Å²) < 4.78 is 6.42. The molecule has 3 heterocycles. The van der Waals surface area contributed by atoms with Gasteiger partial charge in [-0.1, -0.05) is 24.3 Å². The van der Waals surface area contributed by atoms with Crippen LogP contribution in [0.25, 0.3) is 6.08 Å². The fraction of sp³-hybridized carbons (Fsp3) is 0.360. The first kappa shape index (κ1) is 20.7. The fourth-order valence-corrected chi connectivity index (χ4v) is 5.31. The number of para-hydroxylation sites is 1. The molecule has 0 saturated carbocycles. The van der Waals surface area contributed by atoms with Crippen LogP contribution < -0.4 is 15.1 Å². The zero-order valence-corrected chi connectivity index (χ0v) is 18.1. The number of amides is 1. The number of carbonyl (C=O) groups excluding carboxylic acids is 2. The van der Waals surface area contributed by atoms with E-state index in [0.717, 1.165) is 32.6 Å². The summed E-state index contributed by atoms with van der Waals surface area (Å²) in [5.41, 5.74) is 5.05. The molecule has 2 unspecified atom stereocenters. The van der Waals surface area contributed by atoms with Gasteiger partial charge in [-0.2, -0.15) is 0 Å². The van der Waals surface area contributed by atoms with Crippen molar-refractivity contribution in [2.45, 2.75) is 24.4 Å². The number of nitrogens with zero attached hydrogens (tertiary/aromatic N) is 2. The van der Waals surface area contributed by atoms with Gasteiger partial charge in [0.05, 0.1) is 12.0 Å². The van der Waals surface area contributed by atoms with Gasteiger partial charge in [-0.05, 0) is 35.4 Å². The van der Waals surface area contributed by atoms with E-state index in [1.165, 1.54) is 17.3 Å². The van der Waals surface area contributed by atoms with Gasteiger partial charge in [0.15, 0.2) is 5.78 Å². The summed E-state index contributed by atoms with van der Waals surface area (Å²) in [6.45, 7) is 3.64. The van der Waals surface area contributed by atoms with Crippen LogP contribution in [0.1, 0.15) is 40.2 Å². The minimum Gasteiger partial charge on any atom is -0.485 e. The molecule has 7 nitrogen and oxygen atoms in total.